The highest BCUT2D eigenvalue weighted by Crippen LogP contribution is 2.28. The number of rotatable bonds is 4. The van der Waals surface area contributed by atoms with Gasteiger partial charge in [-0.25, -0.2) is 0 Å². The van der Waals surface area contributed by atoms with E-state index in [2.05, 4.69) is 46.3 Å². The lowest BCUT2D eigenvalue weighted by molar-refractivity contribution is 0.123. The number of anilines is 2. The predicted octanol–water partition coefficient (Wildman–Crippen LogP) is 2.42. The second-order valence-electron chi connectivity index (χ2n) is 5.97. The van der Waals surface area contributed by atoms with Gasteiger partial charge in [0.25, 0.3) is 0 Å². The summed E-state index contributed by atoms with van der Waals surface area (Å²) in [6, 6.07) is 9.32. The molecular formula is C17H27N3O. The molecular weight excluding hydrogens is 262 g/mol. The fourth-order valence-electron chi connectivity index (χ4n) is 3.29. The first-order valence-corrected chi connectivity index (χ1v) is 8.27. The lowest BCUT2D eigenvalue weighted by Crippen LogP contribution is -2.40. The first-order valence-electron chi connectivity index (χ1n) is 8.27. The van der Waals surface area contributed by atoms with Crippen LogP contribution in [0.4, 0.5) is 11.4 Å². The van der Waals surface area contributed by atoms with Gasteiger partial charge in [0.2, 0.25) is 0 Å². The van der Waals surface area contributed by atoms with Gasteiger partial charge in [0, 0.05) is 32.2 Å². The maximum atomic E-state index is 5.47. The molecule has 116 valence electrons. The fourth-order valence-corrected chi connectivity index (χ4v) is 3.29. The Balaban J connectivity index is 1.65. The van der Waals surface area contributed by atoms with Crippen LogP contribution < -0.4 is 10.2 Å². The number of hydrogen-bond donors (Lipinski definition) is 1. The lowest BCUT2D eigenvalue weighted by atomic mass is 10.0. The van der Waals surface area contributed by atoms with E-state index in [9.17, 15) is 0 Å². The Morgan fingerprint density at radius 2 is 1.81 bits per heavy atom. The van der Waals surface area contributed by atoms with Crippen LogP contribution in [-0.4, -0.2) is 56.9 Å². The predicted molar refractivity (Wildman–Crippen MR) is 88.2 cm³/mol. The molecule has 1 aromatic carbocycles. The molecule has 1 N–H and O–H groups in total. The highest BCUT2D eigenvalue weighted by Gasteiger charge is 2.20. The molecule has 21 heavy (non-hydrogen) atoms. The molecule has 2 aliphatic heterocycles. The molecule has 0 amide bonds. The van der Waals surface area contributed by atoms with Crippen molar-refractivity contribution in [2.75, 3.05) is 56.2 Å². The summed E-state index contributed by atoms with van der Waals surface area (Å²) in [5.74, 6) is 0. The van der Waals surface area contributed by atoms with Crippen LogP contribution in [0.1, 0.15) is 19.8 Å². The van der Waals surface area contributed by atoms with Crippen LogP contribution in [-0.2, 0) is 4.74 Å². The first-order chi connectivity index (χ1) is 10.4. The number of para-hydroxylation sites is 2. The van der Waals surface area contributed by atoms with Crippen LogP contribution in [0.3, 0.4) is 0 Å². The molecule has 0 saturated carbocycles. The molecule has 0 radical (unpaired) electrons. The molecule has 0 atom stereocenters. The van der Waals surface area contributed by atoms with Crippen molar-refractivity contribution in [2.24, 2.45) is 0 Å². The summed E-state index contributed by atoms with van der Waals surface area (Å²) < 4.78 is 5.47. The van der Waals surface area contributed by atoms with Crippen molar-refractivity contribution >= 4 is 11.4 Å². The Morgan fingerprint density at radius 3 is 2.52 bits per heavy atom. The van der Waals surface area contributed by atoms with Crippen LogP contribution in [0.25, 0.3) is 0 Å². The molecule has 4 heteroatoms. The van der Waals surface area contributed by atoms with Crippen LogP contribution in [0, 0.1) is 0 Å². The number of nitrogens with zero attached hydrogens (tertiary/aromatic N) is 2. The molecule has 0 spiro atoms. The van der Waals surface area contributed by atoms with Crippen molar-refractivity contribution < 1.29 is 4.74 Å². The van der Waals surface area contributed by atoms with Gasteiger partial charge < -0.3 is 19.9 Å². The SMILES string of the molecule is CCN1CCC(Nc2ccccc2N2CCOCC2)CC1. The lowest BCUT2D eigenvalue weighted by Gasteiger charge is -2.34. The maximum Gasteiger partial charge on any atom is 0.0642 e. The quantitative estimate of drug-likeness (QED) is 0.921. The minimum Gasteiger partial charge on any atom is -0.381 e. The van der Waals surface area contributed by atoms with E-state index in [1.54, 1.807) is 0 Å². The van der Waals surface area contributed by atoms with E-state index in [1.165, 1.54) is 43.9 Å². The smallest absolute Gasteiger partial charge is 0.0642 e. The van der Waals surface area contributed by atoms with Crippen molar-refractivity contribution in [3.05, 3.63) is 24.3 Å². The molecule has 2 saturated heterocycles. The highest BCUT2D eigenvalue weighted by atomic mass is 16.5. The van der Waals surface area contributed by atoms with E-state index in [0.717, 1.165) is 26.3 Å². The number of benzene rings is 1. The van der Waals surface area contributed by atoms with Crippen LogP contribution in [0.5, 0.6) is 0 Å². The molecule has 0 bridgehead atoms. The Morgan fingerprint density at radius 1 is 1.10 bits per heavy atom. The largest absolute Gasteiger partial charge is 0.381 e. The minimum absolute atomic E-state index is 0.606. The van der Waals surface area contributed by atoms with Crippen molar-refractivity contribution in [3.63, 3.8) is 0 Å². The zero-order chi connectivity index (χ0) is 14.5. The van der Waals surface area contributed by atoms with Crippen LogP contribution in [0.15, 0.2) is 24.3 Å². The minimum atomic E-state index is 0.606. The zero-order valence-electron chi connectivity index (χ0n) is 13.1. The summed E-state index contributed by atoms with van der Waals surface area (Å²) in [4.78, 5) is 4.97. The van der Waals surface area contributed by atoms with Gasteiger partial charge >= 0.3 is 0 Å². The third kappa shape index (κ3) is 3.69. The summed E-state index contributed by atoms with van der Waals surface area (Å²) in [5.41, 5.74) is 2.62. The van der Waals surface area contributed by atoms with E-state index < -0.39 is 0 Å². The van der Waals surface area contributed by atoms with Gasteiger partial charge in [-0.1, -0.05) is 19.1 Å². The number of ether oxygens (including phenoxy) is 1. The number of hydrogen-bond acceptors (Lipinski definition) is 4. The molecule has 2 aliphatic rings. The normalized spacial score (nSPS) is 21.5. The molecule has 3 rings (SSSR count). The van der Waals surface area contributed by atoms with Crippen LogP contribution >= 0.6 is 0 Å². The van der Waals surface area contributed by atoms with E-state index in [0.29, 0.717) is 6.04 Å². The molecule has 0 aliphatic carbocycles. The van der Waals surface area contributed by atoms with Gasteiger partial charge in [0.05, 0.1) is 24.6 Å². The number of likely N-dealkylation sites (tertiary alicyclic amines) is 1. The summed E-state index contributed by atoms with van der Waals surface area (Å²) in [6.07, 6.45) is 2.48. The second kappa shape index (κ2) is 7.14. The topological polar surface area (TPSA) is 27.7 Å². The fraction of sp³-hybridized carbons (Fsp3) is 0.647. The summed E-state index contributed by atoms with van der Waals surface area (Å²) >= 11 is 0. The van der Waals surface area contributed by atoms with Gasteiger partial charge in [-0.3, -0.25) is 0 Å². The number of morpholine rings is 1. The van der Waals surface area contributed by atoms with Gasteiger partial charge in [0.1, 0.15) is 0 Å². The molecule has 2 fully saturated rings. The first kappa shape index (κ1) is 14.7. The van der Waals surface area contributed by atoms with E-state index in [-0.39, 0.29) is 0 Å². The van der Waals surface area contributed by atoms with E-state index in [4.69, 9.17) is 4.74 Å². The highest BCUT2D eigenvalue weighted by molar-refractivity contribution is 5.70. The summed E-state index contributed by atoms with van der Waals surface area (Å²) in [7, 11) is 0. The Hall–Kier alpha value is -1.26. The van der Waals surface area contributed by atoms with Crippen molar-refractivity contribution in [1.82, 2.24) is 4.90 Å². The van der Waals surface area contributed by atoms with Crippen molar-refractivity contribution in [1.29, 1.82) is 0 Å². The number of piperidine rings is 1. The van der Waals surface area contributed by atoms with Gasteiger partial charge in [-0.2, -0.15) is 0 Å². The van der Waals surface area contributed by atoms with Crippen molar-refractivity contribution in [3.8, 4) is 0 Å². The third-order valence-electron chi connectivity index (χ3n) is 4.65. The Labute approximate surface area is 128 Å². The zero-order valence-corrected chi connectivity index (χ0v) is 13.1. The van der Waals surface area contributed by atoms with E-state index >= 15 is 0 Å². The summed E-state index contributed by atoms with van der Waals surface area (Å²) in [6.45, 7) is 9.52. The summed E-state index contributed by atoms with van der Waals surface area (Å²) in [5, 5.41) is 3.78. The maximum absolute atomic E-state index is 5.47. The molecule has 4 nitrogen and oxygen atoms in total. The average Bonchev–Trinajstić information content (AvgIpc) is 2.57. The molecule has 2 heterocycles. The Kier molecular flexibility index (Phi) is 4.99. The van der Waals surface area contributed by atoms with E-state index in [1.807, 2.05) is 0 Å². The molecule has 1 aromatic rings. The average molecular weight is 289 g/mol. The van der Waals surface area contributed by atoms with Gasteiger partial charge in [-0.05, 0) is 31.5 Å². The standard InChI is InChI=1S/C17H27N3O/c1-2-19-9-7-15(8-10-19)18-16-5-3-4-6-17(16)20-11-13-21-14-12-20/h3-6,15,18H,2,7-14H2,1H3. The van der Waals surface area contributed by atoms with Crippen LogP contribution in [0.2, 0.25) is 0 Å². The second-order valence-corrected chi connectivity index (χ2v) is 5.97. The monoisotopic (exact) mass is 289 g/mol. The Bertz CT molecular complexity index is 437. The molecule has 0 aromatic heterocycles. The third-order valence-corrected chi connectivity index (χ3v) is 4.65. The van der Waals surface area contributed by atoms with Crippen molar-refractivity contribution in [2.45, 2.75) is 25.8 Å². The van der Waals surface area contributed by atoms with Gasteiger partial charge in [-0.15, -0.1) is 0 Å². The molecule has 0 unspecified atom stereocenters. The number of nitrogens with one attached hydrogen (secondary N) is 1. The van der Waals surface area contributed by atoms with Gasteiger partial charge in [0.15, 0.2) is 0 Å².